The Hall–Kier alpha value is -2.83. The molecule has 0 bridgehead atoms. The summed E-state index contributed by atoms with van der Waals surface area (Å²) in [6.07, 6.45) is 0. The summed E-state index contributed by atoms with van der Waals surface area (Å²) in [5, 5.41) is 12.4. The molecule has 0 saturated heterocycles. The average Bonchev–Trinajstić information content (AvgIpc) is 2.92. The first-order valence-corrected chi connectivity index (χ1v) is 4.97. The summed E-state index contributed by atoms with van der Waals surface area (Å²) >= 11 is 0. The van der Waals surface area contributed by atoms with Gasteiger partial charge in [-0.05, 0) is 6.07 Å². The zero-order chi connectivity index (χ0) is 12.7. The van der Waals surface area contributed by atoms with E-state index in [2.05, 4.69) is 14.7 Å². The van der Waals surface area contributed by atoms with Crippen molar-refractivity contribution >= 4 is 17.1 Å². The molecule has 2 N–H and O–H groups in total. The SMILES string of the molecule is O=C(O)c1cc(-c2cccc3oc(=O)[nH]c23)no1. The zero-order valence-electron chi connectivity index (χ0n) is 8.84. The number of benzene rings is 1. The first kappa shape index (κ1) is 10.3. The number of nitrogens with zero attached hydrogens (tertiary/aromatic N) is 1. The predicted octanol–water partition coefficient (Wildman–Crippen LogP) is 1.47. The maximum absolute atomic E-state index is 11.1. The standard InChI is InChI=1S/C11H6N2O5/c14-10(15)8-4-6(13-18-8)5-2-1-3-7-9(5)12-11(16)17-7/h1-4H,(H,12,16)(H,14,15). The van der Waals surface area contributed by atoms with Crippen molar-refractivity contribution in [3.05, 3.63) is 40.6 Å². The van der Waals surface area contributed by atoms with E-state index in [9.17, 15) is 9.59 Å². The number of hydrogen-bond donors (Lipinski definition) is 2. The van der Waals surface area contributed by atoms with Gasteiger partial charge < -0.3 is 14.0 Å². The monoisotopic (exact) mass is 246 g/mol. The smallest absolute Gasteiger partial charge is 0.417 e. The summed E-state index contributed by atoms with van der Waals surface area (Å²) in [7, 11) is 0. The van der Waals surface area contributed by atoms with E-state index in [1.54, 1.807) is 18.2 Å². The second-order valence-corrected chi connectivity index (χ2v) is 3.57. The lowest BCUT2D eigenvalue weighted by atomic mass is 10.1. The fourth-order valence-corrected chi connectivity index (χ4v) is 1.69. The molecule has 2 aromatic heterocycles. The van der Waals surface area contributed by atoms with Crippen molar-refractivity contribution in [2.45, 2.75) is 0 Å². The van der Waals surface area contributed by atoms with Gasteiger partial charge in [-0.25, -0.2) is 9.59 Å². The molecule has 0 spiro atoms. The molecule has 0 atom stereocenters. The van der Waals surface area contributed by atoms with Crippen LogP contribution in [0.4, 0.5) is 0 Å². The van der Waals surface area contributed by atoms with Crippen LogP contribution in [0.5, 0.6) is 0 Å². The Bertz CT molecular complexity index is 795. The third-order valence-electron chi connectivity index (χ3n) is 2.45. The van der Waals surface area contributed by atoms with Crippen molar-refractivity contribution in [3.63, 3.8) is 0 Å². The van der Waals surface area contributed by atoms with Gasteiger partial charge in [0.1, 0.15) is 5.69 Å². The molecule has 2 heterocycles. The normalized spacial score (nSPS) is 10.9. The molecule has 7 nitrogen and oxygen atoms in total. The van der Waals surface area contributed by atoms with Crippen LogP contribution in [0.3, 0.4) is 0 Å². The summed E-state index contributed by atoms with van der Waals surface area (Å²) in [4.78, 5) is 24.3. The van der Waals surface area contributed by atoms with Gasteiger partial charge in [-0.1, -0.05) is 17.3 Å². The minimum absolute atomic E-state index is 0.271. The summed E-state index contributed by atoms with van der Waals surface area (Å²) in [6.45, 7) is 0. The van der Waals surface area contributed by atoms with Crippen molar-refractivity contribution in [2.75, 3.05) is 0 Å². The number of aromatic amines is 1. The number of rotatable bonds is 2. The first-order valence-electron chi connectivity index (χ1n) is 4.97. The quantitative estimate of drug-likeness (QED) is 0.708. The molecule has 3 aromatic rings. The van der Waals surface area contributed by atoms with Crippen molar-refractivity contribution in [1.29, 1.82) is 0 Å². The largest absolute Gasteiger partial charge is 0.475 e. The van der Waals surface area contributed by atoms with Crippen LogP contribution in [0.15, 0.2) is 38.0 Å². The molecule has 0 unspecified atom stereocenters. The zero-order valence-corrected chi connectivity index (χ0v) is 8.84. The van der Waals surface area contributed by atoms with Gasteiger partial charge in [0.05, 0.1) is 5.52 Å². The average molecular weight is 246 g/mol. The maximum Gasteiger partial charge on any atom is 0.417 e. The van der Waals surface area contributed by atoms with Gasteiger partial charge in [-0.2, -0.15) is 0 Å². The van der Waals surface area contributed by atoms with E-state index in [4.69, 9.17) is 9.52 Å². The fourth-order valence-electron chi connectivity index (χ4n) is 1.69. The highest BCUT2D eigenvalue weighted by Crippen LogP contribution is 2.26. The fraction of sp³-hybridized carbons (Fsp3) is 0. The molecule has 1 aromatic carbocycles. The van der Waals surface area contributed by atoms with Crippen LogP contribution >= 0.6 is 0 Å². The minimum atomic E-state index is -1.21. The van der Waals surface area contributed by atoms with Crippen molar-refractivity contribution in [2.24, 2.45) is 0 Å². The topological polar surface area (TPSA) is 109 Å². The Balaban J connectivity index is 2.24. The lowest BCUT2D eigenvalue weighted by Gasteiger charge is -1.95. The van der Waals surface area contributed by atoms with Crippen LogP contribution < -0.4 is 5.76 Å². The van der Waals surface area contributed by atoms with Crippen LogP contribution in [0.2, 0.25) is 0 Å². The van der Waals surface area contributed by atoms with Gasteiger partial charge >= 0.3 is 11.7 Å². The first-order chi connectivity index (χ1) is 8.65. The van der Waals surface area contributed by atoms with Gasteiger partial charge in [0.15, 0.2) is 5.58 Å². The van der Waals surface area contributed by atoms with E-state index in [-0.39, 0.29) is 5.76 Å². The molecule has 0 radical (unpaired) electrons. The molecule has 0 aliphatic heterocycles. The number of H-pyrrole nitrogens is 1. The second-order valence-electron chi connectivity index (χ2n) is 3.57. The molecule has 0 amide bonds. The Kier molecular flexibility index (Phi) is 2.06. The van der Waals surface area contributed by atoms with E-state index >= 15 is 0 Å². The highest BCUT2D eigenvalue weighted by Gasteiger charge is 2.15. The van der Waals surface area contributed by atoms with E-state index in [1.165, 1.54) is 6.07 Å². The predicted molar refractivity (Wildman–Crippen MR) is 59.3 cm³/mol. The van der Waals surface area contributed by atoms with Gasteiger partial charge in [-0.3, -0.25) is 4.98 Å². The number of fused-ring (bicyclic) bond motifs is 1. The molecule has 0 fully saturated rings. The second kappa shape index (κ2) is 3.59. The van der Waals surface area contributed by atoms with E-state index in [0.29, 0.717) is 22.4 Å². The lowest BCUT2D eigenvalue weighted by Crippen LogP contribution is -1.93. The number of nitrogens with one attached hydrogen (secondary N) is 1. The van der Waals surface area contributed by atoms with Gasteiger partial charge in [0.25, 0.3) is 0 Å². The van der Waals surface area contributed by atoms with Gasteiger partial charge in [0.2, 0.25) is 5.76 Å². The van der Waals surface area contributed by atoms with Gasteiger partial charge in [-0.15, -0.1) is 0 Å². The molecular weight excluding hydrogens is 240 g/mol. The molecule has 0 saturated carbocycles. The molecular formula is C11H6N2O5. The summed E-state index contributed by atoms with van der Waals surface area (Å²) in [5.74, 6) is -2.06. The number of oxazole rings is 1. The molecule has 90 valence electrons. The lowest BCUT2D eigenvalue weighted by molar-refractivity contribution is 0.0652. The van der Waals surface area contributed by atoms with Crippen LogP contribution in [0.25, 0.3) is 22.4 Å². The summed E-state index contributed by atoms with van der Waals surface area (Å²) in [5.41, 5.74) is 1.68. The number of carboxylic acids is 1. The van der Waals surface area contributed by atoms with E-state index < -0.39 is 11.7 Å². The Morgan fingerprint density at radius 3 is 2.94 bits per heavy atom. The number of aromatic carboxylic acids is 1. The molecule has 0 aliphatic carbocycles. The van der Waals surface area contributed by atoms with Crippen molar-refractivity contribution < 1.29 is 18.8 Å². The molecule has 18 heavy (non-hydrogen) atoms. The van der Waals surface area contributed by atoms with Gasteiger partial charge in [0, 0.05) is 11.6 Å². The van der Waals surface area contributed by atoms with Crippen LogP contribution in [-0.4, -0.2) is 21.2 Å². The van der Waals surface area contributed by atoms with E-state index in [0.717, 1.165) is 0 Å². The van der Waals surface area contributed by atoms with E-state index in [1.807, 2.05) is 0 Å². The Morgan fingerprint density at radius 2 is 2.22 bits per heavy atom. The molecule has 3 rings (SSSR count). The number of hydrogen-bond acceptors (Lipinski definition) is 5. The number of para-hydroxylation sites is 1. The van der Waals surface area contributed by atoms with Crippen LogP contribution in [-0.2, 0) is 0 Å². The molecule has 0 aliphatic rings. The molecule has 7 heteroatoms. The van der Waals surface area contributed by atoms with Crippen molar-refractivity contribution in [1.82, 2.24) is 10.1 Å². The highest BCUT2D eigenvalue weighted by molar-refractivity contribution is 5.91. The number of carbonyl (C=O) groups is 1. The minimum Gasteiger partial charge on any atom is -0.475 e. The Labute approximate surface area is 98.6 Å². The summed E-state index contributed by atoms with van der Waals surface area (Å²) < 4.78 is 9.56. The van der Waals surface area contributed by atoms with Crippen LogP contribution in [0.1, 0.15) is 10.6 Å². The number of aromatic nitrogens is 2. The number of carboxylic acid groups (broad SMARTS) is 1. The Morgan fingerprint density at radius 1 is 1.39 bits per heavy atom. The van der Waals surface area contributed by atoms with Crippen molar-refractivity contribution in [3.8, 4) is 11.3 Å². The third-order valence-corrected chi connectivity index (χ3v) is 2.45. The highest BCUT2D eigenvalue weighted by atomic mass is 16.5. The van der Waals surface area contributed by atoms with Crippen LogP contribution in [0, 0.1) is 0 Å². The third kappa shape index (κ3) is 1.49. The maximum atomic E-state index is 11.1. The summed E-state index contributed by atoms with van der Waals surface area (Å²) in [6, 6.07) is 6.25.